The van der Waals surface area contributed by atoms with E-state index < -0.39 is 21.6 Å². The number of alkyl halides is 3. The number of anilines is 1. The second-order valence-electron chi connectivity index (χ2n) is 5.42. The van der Waals surface area contributed by atoms with Crippen LogP contribution in [0, 0.1) is 6.92 Å². The summed E-state index contributed by atoms with van der Waals surface area (Å²) in [7, 11) is -5.60. The van der Waals surface area contributed by atoms with Gasteiger partial charge in [-0.2, -0.15) is 31.7 Å². The van der Waals surface area contributed by atoms with E-state index in [0.717, 1.165) is 5.01 Å². The number of hydrogen-bond donors (Lipinski definition) is 1. The summed E-state index contributed by atoms with van der Waals surface area (Å²) >= 11 is 0. The number of halogens is 3. The highest BCUT2D eigenvalue weighted by molar-refractivity contribution is 7.93. The maximum atomic E-state index is 12.7. The van der Waals surface area contributed by atoms with Crippen molar-refractivity contribution in [3.63, 3.8) is 0 Å². The zero-order chi connectivity index (χ0) is 20.8. The van der Waals surface area contributed by atoms with Gasteiger partial charge in [0.2, 0.25) is 0 Å². The van der Waals surface area contributed by atoms with Crippen LogP contribution in [0.25, 0.3) is 0 Å². The second kappa shape index (κ2) is 9.07. The predicted octanol–water partition coefficient (Wildman–Crippen LogP) is 3.85. The number of hydrazone groups is 1. The van der Waals surface area contributed by atoms with Gasteiger partial charge in [-0.1, -0.05) is 18.6 Å². The standard InChI is InChI=1S/C16H22F3N3O4S/c1-5-13(20-22(6-2)15(23)26-7-3)12-10-11(4)8-9-14(12)21-27(24,25)16(17,18)19/h8-10,21H,5-7H2,1-4H3/b20-13+. The number of amides is 1. The Kier molecular flexibility index (Phi) is 7.64. The molecule has 0 atom stereocenters. The number of ether oxygens (including phenoxy) is 1. The molecule has 1 rings (SSSR count). The van der Waals surface area contributed by atoms with E-state index >= 15 is 0 Å². The van der Waals surface area contributed by atoms with Crippen LogP contribution in [0.15, 0.2) is 23.3 Å². The third kappa shape index (κ3) is 5.84. The van der Waals surface area contributed by atoms with Crippen molar-refractivity contribution in [1.82, 2.24) is 5.01 Å². The molecule has 0 bridgehead atoms. The van der Waals surface area contributed by atoms with Gasteiger partial charge < -0.3 is 4.74 Å². The van der Waals surface area contributed by atoms with Crippen LogP contribution in [0.1, 0.15) is 38.3 Å². The minimum absolute atomic E-state index is 0.132. The summed E-state index contributed by atoms with van der Waals surface area (Å²) in [5.41, 5.74) is -4.68. The average molecular weight is 409 g/mol. The summed E-state index contributed by atoms with van der Waals surface area (Å²) in [5.74, 6) is 0. The Morgan fingerprint density at radius 2 is 1.89 bits per heavy atom. The van der Waals surface area contributed by atoms with E-state index in [0.29, 0.717) is 5.56 Å². The molecular weight excluding hydrogens is 387 g/mol. The predicted molar refractivity (Wildman–Crippen MR) is 96.0 cm³/mol. The summed E-state index contributed by atoms with van der Waals surface area (Å²) in [6.07, 6.45) is -0.476. The molecule has 11 heteroatoms. The van der Waals surface area contributed by atoms with Crippen LogP contribution >= 0.6 is 0 Å². The summed E-state index contributed by atoms with van der Waals surface area (Å²) < 4.78 is 67.5. The van der Waals surface area contributed by atoms with Crippen molar-refractivity contribution < 1.29 is 31.1 Å². The maximum absolute atomic E-state index is 12.7. The fourth-order valence-electron chi connectivity index (χ4n) is 2.09. The van der Waals surface area contributed by atoms with Crippen LogP contribution in [0.5, 0.6) is 0 Å². The first kappa shape index (κ1) is 22.7. The Labute approximate surface area is 156 Å². The number of aryl methyl sites for hydroxylation is 1. The summed E-state index contributed by atoms with van der Waals surface area (Å²) in [6.45, 7) is 6.95. The number of carbonyl (C=O) groups excluding carboxylic acids is 1. The van der Waals surface area contributed by atoms with Crippen LogP contribution in [-0.4, -0.2) is 43.9 Å². The molecule has 0 heterocycles. The van der Waals surface area contributed by atoms with Crippen LogP contribution in [0.3, 0.4) is 0 Å². The van der Waals surface area contributed by atoms with E-state index in [-0.39, 0.29) is 36.5 Å². The number of nitrogens with one attached hydrogen (secondary N) is 1. The van der Waals surface area contributed by atoms with Gasteiger partial charge in [0.25, 0.3) is 0 Å². The van der Waals surface area contributed by atoms with Crippen molar-refractivity contribution in [1.29, 1.82) is 0 Å². The molecule has 0 aromatic heterocycles. The number of carbonyl (C=O) groups is 1. The van der Waals surface area contributed by atoms with Crippen molar-refractivity contribution >= 4 is 27.5 Å². The highest BCUT2D eigenvalue weighted by Gasteiger charge is 2.46. The summed E-state index contributed by atoms with van der Waals surface area (Å²) in [5, 5.41) is 5.18. The van der Waals surface area contributed by atoms with E-state index in [1.54, 1.807) is 32.4 Å². The molecule has 0 aliphatic rings. The van der Waals surface area contributed by atoms with Crippen LogP contribution < -0.4 is 4.72 Å². The lowest BCUT2D eigenvalue weighted by Crippen LogP contribution is -2.31. The quantitative estimate of drug-likeness (QED) is 0.547. The van der Waals surface area contributed by atoms with E-state index in [2.05, 4.69) is 5.10 Å². The lowest BCUT2D eigenvalue weighted by molar-refractivity contribution is -0.0429. The minimum Gasteiger partial charge on any atom is -0.448 e. The largest absolute Gasteiger partial charge is 0.516 e. The Bertz CT molecular complexity index is 808. The molecule has 0 saturated carbocycles. The molecule has 152 valence electrons. The van der Waals surface area contributed by atoms with Gasteiger partial charge in [0.1, 0.15) is 0 Å². The first-order valence-electron chi connectivity index (χ1n) is 8.18. The molecule has 0 spiro atoms. The number of hydrogen-bond acceptors (Lipinski definition) is 5. The van der Waals surface area contributed by atoms with Gasteiger partial charge >= 0.3 is 21.6 Å². The van der Waals surface area contributed by atoms with E-state index in [4.69, 9.17) is 4.74 Å². The van der Waals surface area contributed by atoms with Gasteiger partial charge in [0.15, 0.2) is 0 Å². The third-order valence-electron chi connectivity index (χ3n) is 3.39. The fraction of sp³-hybridized carbons (Fsp3) is 0.500. The molecule has 1 aromatic rings. The van der Waals surface area contributed by atoms with Crippen molar-refractivity contribution in [3.8, 4) is 0 Å². The Hall–Kier alpha value is -2.30. The van der Waals surface area contributed by atoms with Crippen LogP contribution in [0.4, 0.5) is 23.7 Å². The maximum Gasteiger partial charge on any atom is 0.516 e. The number of rotatable bonds is 7. The van der Waals surface area contributed by atoms with Gasteiger partial charge in [0, 0.05) is 12.1 Å². The van der Waals surface area contributed by atoms with E-state index in [1.165, 1.54) is 18.2 Å². The van der Waals surface area contributed by atoms with Crippen molar-refractivity contribution in [3.05, 3.63) is 29.3 Å². The van der Waals surface area contributed by atoms with Crippen molar-refractivity contribution in [2.45, 2.75) is 39.6 Å². The van der Waals surface area contributed by atoms with Gasteiger partial charge in [-0.25, -0.2) is 4.79 Å². The molecule has 0 saturated heterocycles. The molecule has 1 N–H and O–H groups in total. The zero-order valence-corrected chi connectivity index (χ0v) is 16.2. The number of sulfonamides is 1. The van der Waals surface area contributed by atoms with Gasteiger partial charge in [0.05, 0.1) is 18.0 Å². The highest BCUT2D eigenvalue weighted by atomic mass is 32.2. The summed E-state index contributed by atoms with van der Waals surface area (Å²) in [4.78, 5) is 11.9. The highest BCUT2D eigenvalue weighted by Crippen LogP contribution is 2.28. The molecular formula is C16H22F3N3O4S. The van der Waals surface area contributed by atoms with Crippen molar-refractivity contribution in [2.24, 2.45) is 5.10 Å². The van der Waals surface area contributed by atoms with Gasteiger partial charge in [-0.15, -0.1) is 0 Å². The Balaban J connectivity index is 3.43. The molecule has 0 unspecified atom stereocenters. The molecule has 0 aliphatic carbocycles. The van der Waals surface area contributed by atoms with E-state index in [1.807, 2.05) is 0 Å². The second-order valence-corrected chi connectivity index (χ2v) is 7.09. The Morgan fingerprint density at radius 1 is 1.26 bits per heavy atom. The Morgan fingerprint density at radius 3 is 2.37 bits per heavy atom. The topological polar surface area (TPSA) is 88.1 Å². The van der Waals surface area contributed by atoms with Crippen LogP contribution in [-0.2, 0) is 14.8 Å². The van der Waals surface area contributed by atoms with Gasteiger partial charge in [-0.3, -0.25) is 4.72 Å². The monoisotopic (exact) mass is 409 g/mol. The molecule has 27 heavy (non-hydrogen) atoms. The third-order valence-corrected chi connectivity index (χ3v) is 4.49. The minimum atomic E-state index is -5.60. The van der Waals surface area contributed by atoms with Gasteiger partial charge in [-0.05, 0) is 39.3 Å². The molecule has 1 amide bonds. The molecule has 7 nitrogen and oxygen atoms in total. The SMILES string of the molecule is CCOC(=O)N(CC)/N=C(\CC)c1cc(C)ccc1NS(=O)(=O)C(F)(F)F. The molecule has 0 radical (unpaired) electrons. The summed E-state index contributed by atoms with van der Waals surface area (Å²) in [6, 6.07) is 4.18. The average Bonchev–Trinajstić information content (AvgIpc) is 2.57. The van der Waals surface area contributed by atoms with E-state index in [9.17, 15) is 26.4 Å². The first-order valence-corrected chi connectivity index (χ1v) is 9.66. The lowest BCUT2D eigenvalue weighted by Gasteiger charge is -2.19. The van der Waals surface area contributed by atoms with Crippen molar-refractivity contribution in [2.75, 3.05) is 17.9 Å². The normalized spacial score (nSPS) is 12.6. The molecule has 1 aromatic carbocycles. The fourth-order valence-corrected chi connectivity index (χ4v) is 2.67. The first-order chi connectivity index (χ1) is 12.5. The molecule has 0 aliphatic heterocycles. The molecule has 0 fully saturated rings. The number of benzene rings is 1. The smallest absolute Gasteiger partial charge is 0.448 e. The number of nitrogens with zero attached hydrogens (tertiary/aromatic N) is 2. The zero-order valence-electron chi connectivity index (χ0n) is 15.4. The lowest BCUT2D eigenvalue weighted by atomic mass is 10.0. The van der Waals surface area contributed by atoms with Crippen LogP contribution in [0.2, 0.25) is 0 Å².